The maximum absolute atomic E-state index is 12.9. The molecule has 1 aliphatic carbocycles. The average Bonchev–Trinajstić information content (AvgIpc) is 2.58. The molecule has 1 saturated carbocycles. The number of aromatic nitrogens is 2. The van der Waals surface area contributed by atoms with Crippen LogP contribution in [0.5, 0.6) is 0 Å². The summed E-state index contributed by atoms with van der Waals surface area (Å²) >= 11 is 3.39. The van der Waals surface area contributed by atoms with Gasteiger partial charge in [-0.3, -0.25) is 14.2 Å². The van der Waals surface area contributed by atoms with E-state index in [1.54, 1.807) is 12.1 Å². The van der Waals surface area contributed by atoms with E-state index in [-0.39, 0.29) is 24.1 Å². The summed E-state index contributed by atoms with van der Waals surface area (Å²) in [6.07, 6.45) is 7.19. The lowest BCUT2D eigenvalue weighted by Crippen LogP contribution is -2.47. The number of hydrogen-bond acceptors (Lipinski definition) is 3. The van der Waals surface area contributed by atoms with Gasteiger partial charge in [0.15, 0.2) is 0 Å². The van der Waals surface area contributed by atoms with Crippen molar-refractivity contribution in [2.75, 3.05) is 0 Å². The van der Waals surface area contributed by atoms with Crippen LogP contribution in [-0.4, -0.2) is 32.4 Å². The van der Waals surface area contributed by atoms with Crippen LogP contribution in [0.3, 0.4) is 0 Å². The molecular formula is C19H24BrN3O2. The molecule has 0 atom stereocenters. The third kappa shape index (κ3) is 3.94. The molecule has 0 bridgehead atoms. The summed E-state index contributed by atoms with van der Waals surface area (Å²) in [7, 11) is 0. The zero-order valence-electron chi connectivity index (χ0n) is 14.7. The van der Waals surface area contributed by atoms with Gasteiger partial charge < -0.3 is 4.90 Å². The van der Waals surface area contributed by atoms with Crippen molar-refractivity contribution in [2.45, 2.75) is 64.6 Å². The fourth-order valence-corrected chi connectivity index (χ4v) is 4.10. The fourth-order valence-electron chi connectivity index (χ4n) is 3.74. The van der Waals surface area contributed by atoms with Gasteiger partial charge in [-0.15, -0.1) is 0 Å². The van der Waals surface area contributed by atoms with Crippen LogP contribution in [-0.2, 0) is 11.3 Å². The maximum Gasteiger partial charge on any atom is 0.261 e. The van der Waals surface area contributed by atoms with Crippen LogP contribution < -0.4 is 5.56 Å². The van der Waals surface area contributed by atoms with Crippen LogP contribution >= 0.6 is 15.9 Å². The quantitative estimate of drug-likeness (QED) is 0.778. The van der Waals surface area contributed by atoms with E-state index >= 15 is 0 Å². The van der Waals surface area contributed by atoms with E-state index < -0.39 is 0 Å². The number of rotatable bonds is 4. The van der Waals surface area contributed by atoms with Crippen LogP contribution in [0, 0.1) is 0 Å². The smallest absolute Gasteiger partial charge is 0.261 e. The van der Waals surface area contributed by atoms with Gasteiger partial charge in [0.2, 0.25) is 5.91 Å². The molecule has 134 valence electrons. The highest BCUT2D eigenvalue weighted by molar-refractivity contribution is 9.10. The van der Waals surface area contributed by atoms with Crippen molar-refractivity contribution in [3.8, 4) is 0 Å². The number of carbonyl (C=O) groups excluding carboxylic acids is 1. The van der Waals surface area contributed by atoms with Crippen molar-refractivity contribution < 1.29 is 4.79 Å². The first-order valence-corrected chi connectivity index (χ1v) is 9.72. The van der Waals surface area contributed by atoms with Gasteiger partial charge in [-0.2, -0.15) is 0 Å². The van der Waals surface area contributed by atoms with Gasteiger partial charge in [-0.25, -0.2) is 4.98 Å². The van der Waals surface area contributed by atoms with Crippen LogP contribution in [0.1, 0.15) is 46.0 Å². The molecule has 3 rings (SSSR count). The molecule has 1 aromatic heterocycles. The Hall–Kier alpha value is -1.69. The van der Waals surface area contributed by atoms with Gasteiger partial charge >= 0.3 is 0 Å². The number of carbonyl (C=O) groups is 1. The number of nitrogens with zero attached hydrogens (tertiary/aromatic N) is 3. The highest BCUT2D eigenvalue weighted by Gasteiger charge is 2.27. The van der Waals surface area contributed by atoms with E-state index in [1.807, 2.05) is 24.8 Å². The molecule has 1 aromatic carbocycles. The molecule has 5 nitrogen and oxygen atoms in total. The Kier molecular flexibility index (Phi) is 5.57. The summed E-state index contributed by atoms with van der Waals surface area (Å²) in [5.74, 6) is 0.000136. The molecule has 0 spiro atoms. The van der Waals surface area contributed by atoms with Gasteiger partial charge in [0, 0.05) is 16.6 Å². The minimum atomic E-state index is -0.174. The van der Waals surface area contributed by atoms with Gasteiger partial charge in [-0.1, -0.05) is 35.2 Å². The normalized spacial score (nSPS) is 15.7. The molecule has 0 unspecified atom stereocenters. The van der Waals surface area contributed by atoms with Crippen LogP contribution in [0.25, 0.3) is 10.9 Å². The Morgan fingerprint density at radius 1 is 1.32 bits per heavy atom. The largest absolute Gasteiger partial charge is 0.336 e. The van der Waals surface area contributed by atoms with Crippen molar-refractivity contribution >= 4 is 32.7 Å². The molecule has 0 aliphatic heterocycles. The van der Waals surface area contributed by atoms with Crippen molar-refractivity contribution in [2.24, 2.45) is 0 Å². The zero-order chi connectivity index (χ0) is 18.0. The second-order valence-electron chi connectivity index (χ2n) is 7.03. The molecule has 1 fully saturated rings. The Labute approximate surface area is 156 Å². The highest BCUT2D eigenvalue weighted by Crippen LogP contribution is 2.24. The Balaban J connectivity index is 1.87. The number of amides is 1. The van der Waals surface area contributed by atoms with Crippen molar-refractivity contribution in [1.82, 2.24) is 14.5 Å². The molecule has 0 saturated heterocycles. The van der Waals surface area contributed by atoms with Gasteiger partial charge in [0.25, 0.3) is 5.56 Å². The molecule has 0 radical (unpaired) electrons. The van der Waals surface area contributed by atoms with E-state index in [9.17, 15) is 9.59 Å². The summed E-state index contributed by atoms with van der Waals surface area (Å²) < 4.78 is 2.25. The zero-order valence-corrected chi connectivity index (χ0v) is 16.3. The molecule has 1 heterocycles. The minimum Gasteiger partial charge on any atom is -0.336 e. The second-order valence-corrected chi connectivity index (χ2v) is 7.94. The first-order valence-electron chi connectivity index (χ1n) is 8.93. The topological polar surface area (TPSA) is 55.2 Å². The molecule has 2 aromatic rings. The number of benzene rings is 1. The Morgan fingerprint density at radius 2 is 2.04 bits per heavy atom. The minimum absolute atomic E-state index is 0.000136. The van der Waals surface area contributed by atoms with Crippen molar-refractivity contribution in [3.05, 3.63) is 39.4 Å². The second kappa shape index (κ2) is 7.68. The summed E-state index contributed by atoms with van der Waals surface area (Å²) in [5.41, 5.74) is 0.469. The third-order valence-corrected chi connectivity index (χ3v) is 5.40. The molecule has 6 heteroatoms. The lowest BCUT2D eigenvalue weighted by molar-refractivity contribution is -0.137. The van der Waals surface area contributed by atoms with Gasteiger partial charge in [-0.05, 0) is 44.9 Å². The molecule has 0 N–H and O–H groups in total. The maximum atomic E-state index is 12.9. The third-order valence-electron chi connectivity index (χ3n) is 4.90. The standard InChI is InChI=1S/C19H24BrN3O2/c1-13(2)23(15-6-4-3-5-7-15)18(24)11-22-12-21-17-9-8-14(20)10-16(17)19(22)25/h8-10,12-13,15H,3-7,11H2,1-2H3. The summed E-state index contributed by atoms with van der Waals surface area (Å²) in [4.78, 5) is 31.9. The van der Waals surface area contributed by atoms with Crippen LogP contribution in [0.2, 0.25) is 0 Å². The monoisotopic (exact) mass is 405 g/mol. The van der Waals surface area contributed by atoms with E-state index in [0.29, 0.717) is 16.9 Å². The Bertz CT molecular complexity index is 825. The number of halogens is 1. The van der Waals surface area contributed by atoms with E-state index in [2.05, 4.69) is 20.9 Å². The summed E-state index contributed by atoms with van der Waals surface area (Å²) in [6.45, 7) is 4.14. The van der Waals surface area contributed by atoms with Crippen LogP contribution in [0.15, 0.2) is 33.8 Å². The predicted molar refractivity (Wildman–Crippen MR) is 103 cm³/mol. The Morgan fingerprint density at radius 3 is 2.72 bits per heavy atom. The highest BCUT2D eigenvalue weighted by atomic mass is 79.9. The molecule has 1 amide bonds. The average molecular weight is 406 g/mol. The van der Waals surface area contributed by atoms with Gasteiger partial charge in [0.1, 0.15) is 6.54 Å². The fraction of sp³-hybridized carbons (Fsp3) is 0.526. The first-order chi connectivity index (χ1) is 12.0. The molecule has 1 aliphatic rings. The SMILES string of the molecule is CC(C)N(C(=O)Cn1cnc2ccc(Br)cc2c1=O)C1CCCCC1. The molecule has 25 heavy (non-hydrogen) atoms. The van der Waals surface area contributed by atoms with Gasteiger partial charge in [0.05, 0.1) is 17.2 Å². The van der Waals surface area contributed by atoms with Crippen LogP contribution in [0.4, 0.5) is 0 Å². The summed E-state index contributed by atoms with van der Waals surface area (Å²) in [5, 5.41) is 0.526. The van der Waals surface area contributed by atoms with E-state index in [4.69, 9.17) is 0 Å². The number of fused-ring (bicyclic) bond motifs is 1. The number of hydrogen-bond donors (Lipinski definition) is 0. The van der Waals surface area contributed by atoms with Crippen molar-refractivity contribution in [3.63, 3.8) is 0 Å². The summed E-state index contributed by atoms with van der Waals surface area (Å²) in [6, 6.07) is 5.84. The first kappa shape index (κ1) is 18.1. The lowest BCUT2D eigenvalue weighted by Gasteiger charge is -2.37. The lowest BCUT2D eigenvalue weighted by atomic mass is 9.93. The predicted octanol–water partition coefficient (Wildman–Crippen LogP) is 3.73. The molecular weight excluding hydrogens is 382 g/mol. The van der Waals surface area contributed by atoms with E-state index in [0.717, 1.165) is 17.3 Å². The van der Waals surface area contributed by atoms with Crippen molar-refractivity contribution in [1.29, 1.82) is 0 Å². The van der Waals surface area contributed by atoms with E-state index in [1.165, 1.54) is 30.2 Å².